The van der Waals surface area contributed by atoms with Gasteiger partial charge in [-0.1, -0.05) is 0 Å². The summed E-state index contributed by atoms with van der Waals surface area (Å²) in [4.78, 5) is 24.4. The average molecular weight is 296 g/mol. The van der Waals surface area contributed by atoms with Crippen molar-refractivity contribution in [3.05, 3.63) is 29.6 Å². The maximum Gasteiger partial charge on any atom is 0.338 e. The number of anilines is 1. The second-order valence-electron chi connectivity index (χ2n) is 5.46. The van der Waals surface area contributed by atoms with E-state index >= 15 is 0 Å². The highest BCUT2D eigenvalue weighted by atomic mass is 19.1. The number of nitrogens with one attached hydrogen (secondary N) is 1. The van der Waals surface area contributed by atoms with Crippen molar-refractivity contribution in [2.75, 3.05) is 25.0 Å². The Labute approximate surface area is 121 Å². The number of hydrogen-bond acceptors (Lipinski definition) is 3. The molecule has 2 rings (SSSR count). The number of carbonyl (C=O) groups is 2. The van der Waals surface area contributed by atoms with Crippen molar-refractivity contribution in [1.29, 1.82) is 0 Å². The Kier molecular flexibility index (Phi) is 4.13. The zero-order chi connectivity index (χ0) is 15.6. The van der Waals surface area contributed by atoms with Gasteiger partial charge >= 0.3 is 12.0 Å². The lowest BCUT2D eigenvalue weighted by Gasteiger charge is -2.38. The zero-order valence-corrected chi connectivity index (χ0v) is 11.9. The Morgan fingerprint density at radius 1 is 1.43 bits per heavy atom. The minimum atomic E-state index is -1.35. The molecule has 0 saturated carbocycles. The predicted molar refractivity (Wildman–Crippen MR) is 74.0 cm³/mol. The van der Waals surface area contributed by atoms with Gasteiger partial charge in [0.1, 0.15) is 5.82 Å². The lowest BCUT2D eigenvalue weighted by molar-refractivity contribution is -0.0720. The molecule has 114 valence electrons. The van der Waals surface area contributed by atoms with E-state index in [-0.39, 0.29) is 11.7 Å². The first-order valence-electron chi connectivity index (χ1n) is 6.51. The first-order valence-corrected chi connectivity index (χ1v) is 6.51. The number of benzene rings is 1. The van der Waals surface area contributed by atoms with Crippen LogP contribution in [0.15, 0.2) is 18.2 Å². The fourth-order valence-corrected chi connectivity index (χ4v) is 2.16. The number of rotatable bonds is 2. The zero-order valence-electron chi connectivity index (χ0n) is 11.9. The van der Waals surface area contributed by atoms with Crippen molar-refractivity contribution >= 4 is 17.7 Å². The highest BCUT2D eigenvalue weighted by Gasteiger charge is 2.30. The van der Waals surface area contributed by atoms with E-state index in [0.717, 1.165) is 12.1 Å². The van der Waals surface area contributed by atoms with Crippen LogP contribution in [0.5, 0.6) is 0 Å². The molecule has 1 fully saturated rings. The molecule has 1 aliphatic heterocycles. The van der Waals surface area contributed by atoms with Crippen molar-refractivity contribution in [3.63, 3.8) is 0 Å². The molecule has 0 aliphatic carbocycles. The van der Waals surface area contributed by atoms with Crippen LogP contribution >= 0.6 is 0 Å². The van der Waals surface area contributed by atoms with E-state index in [9.17, 15) is 14.0 Å². The highest BCUT2D eigenvalue weighted by molar-refractivity contribution is 5.91. The van der Waals surface area contributed by atoms with Gasteiger partial charge in [-0.15, -0.1) is 0 Å². The van der Waals surface area contributed by atoms with Crippen molar-refractivity contribution in [3.8, 4) is 0 Å². The molecule has 2 N–H and O–H groups in total. The van der Waals surface area contributed by atoms with E-state index in [1.54, 1.807) is 4.90 Å². The Bertz CT molecular complexity index is 574. The van der Waals surface area contributed by atoms with E-state index in [0.29, 0.717) is 19.7 Å². The smallest absolute Gasteiger partial charge is 0.338 e. The number of amides is 2. The molecule has 0 spiro atoms. The van der Waals surface area contributed by atoms with Crippen molar-refractivity contribution < 1.29 is 23.8 Å². The van der Waals surface area contributed by atoms with Gasteiger partial charge < -0.3 is 20.1 Å². The number of aromatic carboxylic acids is 1. The minimum absolute atomic E-state index is 0.215. The lowest BCUT2D eigenvalue weighted by Crippen LogP contribution is -2.51. The van der Waals surface area contributed by atoms with Crippen LogP contribution in [0, 0.1) is 5.82 Å². The summed E-state index contributed by atoms with van der Waals surface area (Å²) in [6, 6.07) is 3.10. The van der Waals surface area contributed by atoms with Crippen LogP contribution in [-0.2, 0) is 4.74 Å². The Hall–Kier alpha value is -2.15. The van der Waals surface area contributed by atoms with Crippen molar-refractivity contribution in [2.24, 2.45) is 0 Å². The van der Waals surface area contributed by atoms with E-state index in [1.165, 1.54) is 6.07 Å². The SMILES string of the molecule is CC1(C)CN(C(=O)Nc2ccc(C(=O)O)c(F)c2)CCO1. The van der Waals surface area contributed by atoms with Gasteiger partial charge in [0.15, 0.2) is 0 Å². The maximum atomic E-state index is 13.6. The molecule has 1 aliphatic rings. The van der Waals surface area contributed by atoms with Crippen molar-refractivity contribution in [2.45, 2.75) is 19.4 Å². The third kappa shape index (κ3) is 3.69. The number of carboxylic acid groups (broad SMARTS) is 1. The third-order valence-electron chi connectivity index (χ3n) is 3.16. The summed E-state index contributed by atoms with van der Waals surface area (Å²) in [7, 11) is 0. The lowest BCUT2D eigenvalue weighted by atomic mass is 10.1. The molecular weight excluding hydrogens is 279 g/mol. The molecular formula is C14H17FN2O4. The fourth-order valence-electron chi connectivity index (χ4n) is 2.16. The molecule has 0 radical (unpaired) electrons. The summed E-state index contributed by atoms with van der Waals surface area (Å²) < 4.78 is 19.1. The Morgan fingerprint density at radius 2 is 2.14 bits per heavy atom. The normalized spacial score (nSPS) is 17.4. The number of urea groups is 1. The van der Waals surface area contributed by atoms with Crippen LogP contribution in [0.3, 0.4) is 0 Å². The summed E-state index contributed by atoms with van der Waals surface area (Å²) in [6.45, 7) is 5.08. The molecule has 6 nitrogen and oxygen atoms in total. The summed E-state index contributed by atoms with van der Waals surface area (Å²) in [6.07, 6.45) is 0. The number of carbonyl (C=O) groups excluding carboxylic acids is 1. The van der Waals surface area contributed by atoms with Gasteiger partial charge in [-0.2, -0.15) is 0 Å². The van der Waals surface area contributed by atoms with Gasteiger partial charge in [-0.3, -0.25) is 0 Å². The molecule has 2 amide bonds. The molecule has 0 unspecified atom stereocenters. The number of halogens is 1. The molecule has 0 bridgehead atoms. The Balaban J connectivity index is 2.06. The van der Waals surface area contributed by atoms with E-state index < -0.39 is 23.0 Å². The number of morpholine rings is 1. The van der Waals surface area contributed by atoms with Gasteiger partial charge in [0.2, 0.25) is 0 Å². The minimum Gasteiger partial charge on any atom is -0.478 e. The topological polar surface area (TPSA) is 78.9 Å². The Morgan fingerprint density at radius 3 is 2.71 bits per heavy atom. The summed E-state index contributed by atoms with van der Waals surface area (Å²) in [5.74, 6) is -2.23. The summed E-state index contributed by atoms with van der Waals surface area (Å²) in [5, 5.41) is 11.3. The number of ether oxygens (including phenoxy) is 1. The summed E-state index contributed by atoms with van der Waals surface area (Å²) in [5.41, 5.74) is -0.638. The molecule has 1 aromatic carbocycles. The molecule has 1 aromatic rings. The number of carboxylic acids is 1. The highest BCUT2D eigenvalue weighted by Crippen LogP contribution is 2.19. The van der Waals surface area contributed by atoms with Crippen LogP contribution in [-0.4, -0.2) is 47.3 Å². The first kappa shape index (κ1) is 15.2. The standard InChI is InChI=1S/C14H17FN2O4/c1-14(2)8-17(5-6-21-14)13(20)16-9-3-4-10(12(18)19)11(15)7-9/h3-4,7H,5-6,8H2,1-2H3,(H,16,20)(H,18,19). The fraction of sp³-hybridized carbons (Fsp3) is 0.429. The van der Waals surface area contributed by atoms with E-state index in [2.05, 4.69) is 5.32 Å². The van der Waals surface area contributed by atoms with Crippen LogP contribution in [0.4, 0.5) is 14.9 Å². The van der Waals surface area contributed by atoms with Gasteiger partial charge in [0, 0.05) is 12.2 Å². The molecule has 21 heavy (non-hydrogen) atoms. The quantitative estimate of drug-likeness (QED) is 0.876. The van der Waals surface area contributed by atoms with E-state index in [1.807, 2.05) is 13.8 Å². The monoisotopic (exact) mass is 296 g/mol. The predicted octanol–water partition coefficient (Wildman–Crippen LogP) is 2.17. The molecule has 1 saturated heterocycles. The molecule has 0 aromatic heterocycles. The van der Waals surface area contributed by atoms with Gasteiger partial charge in [0.05, 0.1) is 24.3 Å². The van der Waals surface area contributed by atoms with Crippen molar-refractivity contribution in [1.82, 2.24) is 4.90 Å². The number of hydrogen-bond donors (Lipinski definition) is 2. The van der Waals surface area contributed by atoms with E-state index in [4.69, 9.17) is 9.84 Å². The second kappa shape index (κ2) is 5.69. The largest absolute Gasteiger partial charge is 0.478 e. The number of nitrogens with zero attached hydrogens (tertiary/aromatic N) is 1. The molecule has 7 heteroatoms. The third-order valence-corrected chi connectivity index (χ3v) is 3.16. The van der Waals surface area contributed by atoms with Gasteiger partial charge in [-0.25, -0.2) is 14.0 Å². The van der Waals surface area contributed by atoms with Crippen LogP contribution in [0.2, 0.25) is 0 Å². The van der Waals surface area contributed by atoms with Crippen LogP contribution in [0.25, 0.3) is 0 Å². The second-order valence-corrected chi connectivity index (χ2v) is 5.46. The van der Waals surface area contributed by atoms with Crippen LogP contribution in [0.1, 0.15) is 24.2 Å². The maximum absolute atomic E-state index is 13.6. The average Bonchev–Trinajstić information content (AvgIpc) is 2.37. The first-order chi connectivity index (χ1) is 9.78. The van der Waals surface area contributed by atoms with Gasteiger partial charge in [0.25, 0.3) is 0 Å². The van der Waals surface area contributed by atoms with Gasteiger partial charge in [-0.05, 0) is 32.0 Å². The summed E-state index contributed by atoms with van der Waals surface area (Å²) >= 11 is 0. The van der Waals surface area contributed by atoms with Crippen LogP contribution < -0.4 is 5.32 Å². The molecule has 1 heterocycles. The molecule has 0 atom stereocenters.